The van der Waals surface area contributed by atoms with Crippen molar-refractivity contribution in [2.24, 2.45) is 5.84 Å². The molecule has 1 heterocycles. The molecule has 0 aromatic carbocycles. The summed E-state index contributed by atoms with van der Waals surface area (Å²) in [7, 11) is 1.57. The summed E-state index contributed by atoms with van der Waals surface area (Å²) in [5.41, 5.74) is 2.88. The van der Waals surface area contributed by atoms with Crippen LogP contribution >= 0.6 is 0 Å². The van der Waals surface area contributed by atoms with E-state index in [1.54, 1.807) is 19.2 Å². The normalized spacial score (nSPS) is 8.46. The molecule has 0 aliphatic carbocycles. The van der Waals surface area contributed by atoms with Crippen LogP contribution in [-0.2, 0) is 20.1 Å². The molecule has 5 nitrogen and oxygen atoms in total. The van der Waals surface area contributed by atoms with E-state index < -0.39 is 0 Å². The van der Waals surface area contributed by atoms with E-state index in [1.807, 2.05) is 0 Å². The third-order valence-electron chi connectivity index (χ3n) is 1.40. The molecule has 1 aromatic rings. The molecule has 71 valence electrons. The SMILES string of the molecule is CNC(=O)c1ccc(NN)nc1.[99Tc]. The van der Waals surface area contributed by atoms with Crippen molar-refractivity contribution in [3.05, 3.63) is 23.9 Å². The molecular weight excluding hydrogens is 255 g/mol. The number of hydrogen-bond acceptors (Lipinski definition) is 4. The van der Waals surface area contributed by atoms with Crippen LogP contribution in [0.25, 0.3) is 0 Å². The van der Waals surface area contributed by atoms with E-state index >= 15 is 0 Å². The fourth-order valence-electron chi connectivity index (χ4n) is 0.758. The van der Waals surface area contributed by atoms with E-state index in [-0.39, 0.29) is 26.0 Å². The molecule has 4 N–H and O–H groups in total. The molecule has 0 aliphatic heterocycles. The average molecular weight is 265 g/mol. The van der Waals surface area contributed by atoms with Gasteiger partial charge in [-0.25, -0.2) is 10.8 Å². The maximum Gasteiger partial charge on any atom is 0.252 e. The van der Waals surface area contributed by atoms with Gasteiger partial charge >= 0.3 is 0 Å². The van der Waals surface area contributed by atoms with Crippen LogP contribution in [0.5, 0.6) is 0 Å². The first-order valence-electron chi connectivity index (χ1n) is 3.42. The second-order valence-electron chi connectivity index (χ2n) is 2.16. The summed E-state index contributed by atoms with van der Waals surface area (Å²) in [5, 5.41) is 2.49. The van der Waals surface area contributed by atoms with E-state index in [1.165, 1.54) is 6.20 Å². The first-order valence-corrected chi connectivity index (χ1v) is 3.42. The van der Waals surface area contributed by atoms with Crippen molar-refractivity contribution in [3.8, 4) is 0 Å². The Hall–Kier alpha value is -0.971. The fourth-order valence-corrected chi connectivity index (χ4v) is 0.758. The van der Waals surface area contributed by atoms with Gasteiger partial charge in [-0.15, -0.1) is 0 Å². The molecule has 0 saturated heterocycles. The second kappa shape index (κ2) is 5.64. The summed E-state index contributed by atoms with van der Waals surface area (Å²) < 4.78 is 0. The third kappa shape index (κ3) is 3.10. The van der Waals surface area contributed by atoms with Gasteiger partial charge in [-0.2, -0.15) is 0 Å². The van der Waals surface area contributed by atoms with Crippen LogP contribution in [0.2, 0.25) is 0 Å². The molecule has 0 saturated carbocycles. The van der Waals surface area contributed by atoms with Crippen LogP contribution in [0, 0.1) is 0 Å². The number of carbonyl (C=O) groups is 1. The minimum atomic E-state index is -0.161. The Bertz CT molecular complexity index is 274. The molecule has 0 spiro atoms. The number of anilines is 1. The van der Waals surface area contributed by atoms with Crippen molar-refractivity contribution in [3.63, 3.8) is 0 Å². The molecule has 13 heavy (non-hydrogen) atoms. The van der Waals surface area contributed by atoms with Crippen LogP contribution in [0.4, 0.5) is 5.82 Å². The number of carbonyl (C=O) groups excluding carboxylic acids is 1. The first-order chi connectivity index (χ1) is 5.77. The monoisotopic (exact) mass is 265 g/mol. The number of nitrogens with one attached hydrogen (secondary N) is 2. The van der Waals surface area contributed by atoms with Gasteiger partial charge in [0.05, 0.1) is 5.56 Å². The van der Waals surface area contributed by atoms with Crippen molar-refractivity contribution in [2.45, 2.75) is 0 Å². The maximum absolute atomic E-state index is 11.0. The minimum Gasteiger partial charge on any atom is -0.355 e. The minimum absolute atomic E-state index is 0. The van der Waals surface area contributed by atoms with Crippen LogP contribution in [0.1, 0.15) is 10.4 Å². The predicted octanol–water partition coefficient (Wildman–Crippen LogP) is -0.276. The van der Waals surface area contributed by atoms with Crippen molar-refractivity contribution >= 4 is 11.7 Å². The number of nitrogens with zero attached hydrogens (tertiary/aromatic N) is 1. The van der Waals surface area contributed by atoms with Crippen LogP contribution in [-0.4, -0.2) is 17.9 Å². The molecule has 0 aliphatic rings. The van der Waals surface area contributed by atoms with Crippen LogP contribution < -0.4 is 16.6 Å². The van der Waals surface area contributed by atoms with Crippen molar-refractivity contribution in [1.29, 1.82) is 0 Å². The van der Waals surface area contributed by atoms with Gasteiger partial charge in [0.1, 0.15) is 5.82 Å². The zero-order valence-corrected chi connectivity index (χ0v) is 8.90. The zero-order chi connectivity index (χ0) is 8.97. The Labute approximate surface area is 89.4 Å². The summed E-state index contributed by atoms with van der Waals surface area (Å²) in [4.78, 5) is 14.9. The Morgan fingerprint density at radius 2 is 2.23 bits per heavy atom. The summed E-state index contributed by atoms with van der Waals surface area (Å²) >= 11 is 0. The second-order valence-corrected chi connectivity index (χ2v) is 2.16. The molecule has 1 radical (unpaired) electrons. The molecule has 1 rings (SSSR count). The standard InChI is InChI=1S/C7H10N4O.Tc/c1-9-7(12)5-2-3-6(11-8)10-4-5;/h2-4H,8H2,1H3,(H,9,12)(H,10,11);/i;1+1. The molecule has 1 amide bonds. The van der Waals surface area contributed by atoms with E-state index in [4.69, 9.17) is 5.84 Å². The summed E-state index contributed by atoms with van der Waals surface area (Å²) in [6.07, 6.45) is 1.45. The van der Waals surface area contributed by atoms with E-state index in [9.17, 15) is 4.79 Å². The first kappa shape index (κ1) is 12.0. The molecule has 0 bridgehead atoms. The van der Waals surface area contributed by atoms with Gasteiger partial charge < -0.3 is 10.7 Å². The number of aromatic nitrogens is 1. The number of rotatable bonds is 2. The Morgan fingerprint density at radius 3 is 2.62 bits per heavy atom. The van der Waals surface area contributed by atoms with Crippen molar-refractivity contribution in [2.75, 3.05) is 12.5 Å². The molecule has 6 heteroatoms. The molecule has 1 aromatic heterocycles. The van der Waals surface area contributed by atoms with Gasteiger partial charge in [0.2, 0.25) is 0 Å². The zero-order valence-electron chi connectivity index (χ0n) is 7.04. The molecule has 0 atom stereocenters. The van der Waals surface area contributed by atoms with Gasteiger partial charge in [-0.1, -0.05) is 0 Å². The smallest absolute Gasteiger partial charge is 0.252 e. The number of nitrogens with two attached hydrogens (primary N) is 1. The van der Waals surface area contributed by atoms with E-state index in [2.05, 4.69) is 15.7 Å². The Balaban J connectivity index is 0.00000144. The number of hydrogen-bond donors (Lipinski definition) is 3. The Morgan fingerprint density at radius 1 is 1.54 bits per heavy atom. The number of hydrazine groups is 1. The average Bonchev–Trinajstić information content (AvgIpc) is 2.17. The predicted molar refractivity (Wildman–Crippen MR) is 45.4 cm³/mol. The molecule has 0 fully saturated rings. The van der Waals surface area contributed by atoms with Crippen LogP contribution in [0.3, 0.4) is 0 Å². The van der Waals surface area contributed by atoms with E-state index in [0.717, 1.165) is 0 Å². The number of pyridine rings is 1. The van der Waals surface area contributed by atoms with Crippen molar-refractivity contribution < 1.29 is 24.9 Å². The summed E-state index contributed by atoms with van der Waals surface area (Å²) in [6.45, 7) is 0. The maximum atomic E-state index is 11.0. The quantitative estimate of drug-likeness (QED) is 0.507. The summed E-state index contributed by atoms with van der Waals surface area (Å²) in [6, 6.07) is 3.27. The third-order valence-corrected chi connectivity index (χ3v) is 1.40. The Kier molecular flexibility index (Phi) is 5.22. The largest absolute Gasteiger partial charge is 0.355 e. The van der Waals surface area contributed by atoms with Gasteiger partial charge in [0.25, 0.3) is 5.91 Å². The molecule has 0 unspecified atom stereocenters. The fraction of sp³-hybridized carbons (Fsp3) is 0.143. The topological polar surface area (TPSA) is 80.0 Å². The van der Waals surface area contributed by atoms with Gasteiger partial charge in [0.15, 0.2) is 0 Å². The number of nitrogen functional groups attached to an aromatic ring is 1. The van der Waals surface area contributed by atoms with Crippen LogP contribution in [0.15, 0.2) is 18.3 Å². The van der Waals surface area contributed by atoms with Crippen molar-refractivity contribution in [1.82, 2.24) is 10.3 Å². The van der Waals surface area contributed by atoms with Gasteiger partial charge in [-0.05, 0) is 12.1 Å². The number of amides is 1. The van der Waals surface area contributed by atoms with Gasteiger partial charge in [0, 0.05) is 33.3 Å². The summed E-state index contributed by atoms with van der Waals surface area (Å²) in [5.74, 6) is 5.46. The van der Waals surface area contributed by atoms with E-state index in [0.29, 0.717) is 11.4 Å². The van der Waals surface area contributed by atoms with Gasteiger partial charge in [-0.3, -0.25) is 4.79 Å². The molecular formula is C7H10N4OTc.